The number of nitrogens with zero attached hydrogens (tertiary/aromatic N) is 1. The first-order chi connectivity index (χ1) is 7.24. The van der Waals surface area contributed by atoms with Gasteiger partial charge in [0.2, 0.25) is 0 Å². The monoisotopic (exact) mass is 243 g/mol. The molecule has 96 valence electrons. The van der Waals surface area contributed by atoms with Crippen molar-refractivity contribution in [3.05, 3.63) is 0 Å². The maximum atomic E-state index is 12.1. The van der Waals surface area contributed by atoms with Crippen LogP contribution < -0.4 is 0 Å². The Kier molecular flexibility index (Phi) is 6.35. The molecule has 0 aromatic carbocycles. The van der Waals surface area contributed by atoms with Crippen LogP contribution in [0.4, 0.5) is 13.2 Å². The molecule has 4 nitrogen and oxygen atoms in total. The molecule has 1 atom stereocenters. The van der Waals surface area contributed by atoms with Crippen LogP contribution in [0.1, 0.15) is 19.8 Å². The van der Waals surface area contributed by atoms with Gasteiger partial charge in [-0.1, -0.05) is 6.92 Å². The lowest BCUT2D eigenvalue weighted by Gasteiger charge is -2.24. The lowest BCUT2D eigenvalue weighted by molar-refractivity contribution is -0.149. The summed E-state index contributed by atoms with van der Waals surface area (Å²) < 4.78 is 36.3. The summed E-state index contributed by atoms with van der Waals surface area (Å²) in [5, 5.41) is 17.6. The minimum absolute atomic E-state index is 0.177. The molecule has 0 aliphatic heterocycles. The molecule has 0 spiro atoms. The summed E-state index contributed by atoms with van der Waals surface area (Å²) in [5.74, 6) is -1.23. The Bertz CT molecular complexity index is 221. The quantitative estimate of drug-likeness (QED) is 0.702. The molecule has 0 saturated heterocycles. The predicted octanol–water partition coefficient (Wildman–Crippen LogP) is 1.10. The molecule has 0 aromatic heterocycles. The van der Waals surface area contributed by atoms with E-state index in [1.165, 1.54) is 0 Å². The zero-order chi connectivity index (χ0) is 12.8. The van der Waals surface area contributed by atoms with Gasteiger partial charge in [-0.15, -0.1) is 0 Å². The number of hydrogen-bond acceptors (Lipinski definition) is 3. The Hall–Kier alpha value is -0.820. The molecular weight excluding hydrogens is 227 g/mol. The molecule has 0 radical (unpaired) electrons. The molecule has 0 fully saturated rings. The van der Waals surface area contributed by atoms with E-state index >= 15 is 0 Å². The highest BCUT2D eigenvalue weighted by Gasteiger charge is 2.31. The van der Waals surface area contributed by atoms with E-state index in [0.29, 0.717) is 6.42 Å². The van der Waals surface area contributed by atoms with E-state index in [0.717, 1.165) is 4.90 Å². The largest absolute Gasteiger partial charge is 0.481 e. The minimum Gasteiger partial charge on any atom is -0.481 e. The van der Waals surface area contributed by atoms with Crippen LogP contribution >= 0.6 is 0 Å². The zero-order valence-electron chi connectivity index (χ0n) is 9.00. The van der Waals surface area contributed by atoms with Crippen LogP contribution in [0.3, 0.4) is 0 Å². The Morgan fingerprint density at radius 1 is 1.44 bits per heavy atom. The molecule has 0 aliphatic rings. The molecule has 0 rings (SSSR count). The van der Waals surface area contributed by atoms with Crippen molar-refractivity contribution in [3.8, 4) is 0 Å². The first-order valence-corrected chi connectivity index (χ1v) is 4.93. The Morgan fingerprint density at radius 3 is 2.38 bits per heavy atom. The predicted molar refractivity (Wildman–Crippen MR) is 51.0 cm³/mol. The van der Waals surface area contributed by atoms with Crippen LogP contribution in [-0.4, -0.2) is 53.0 Å². The SMILES string of the molecule is CCCN(CC(O)CC(=O)O)CC(F)(F)F. The van der Waals surface area contributed by atoms with E-state index in [9.17, 15) is 23.1 Å². The lowest BCUT2D eigenvalue weighted by atomic mass is 10.2. The van der Waals surface area contributed by atoms with Crippen LogP contribution in [0, 0.1) is 0 Å². The van der Waals surface area contributed by atoms with Crippen molar-refractivity contribution < 1.29 is 28.2 Å². The summed E-state index contributed by atoms with van der Waals surface area (Å²) in [6.45, 7) is 0.486. The number of alkyl halides is 3. The molecule has 0 amide bonds. The van der Waals surface area contributed by atoms with Gasteiger partial charge in [0.15, 0.2) is 0 Å². The average molecular weight is 243 g/mol. The minimum atomic E-state index is -4.34. The van der Waals surface area contributed by atoms with E-state index < -0.39 is 31.2 Å². The average Bonchev–Trinajstić information content (AvgIpc) is 1.98. The molecule has 7 heteroatoms. The number of carbonyl (C=O) groups is 1. The fourth-order valence-corrected chi connectivity index (χ4v) is 1.37. The van der Waals surface area contributed by atoms with Gasteiger partial charge < -0.3 is 10.2 Å². The van der Waals surface area contributed by atoms with Crippen molar-refractivity contribution in [2.75, 3.05) is 19.6 Å². The highest BCUT2D eigenvalue weighted by atomic mass is 19.4. The van der Waals surface area contributed by atoms with Gasteiger partial charge in [-0.25, -0.2) is 0 Å². The standard InChI is InChI=1S/C9H16F3NO3/c1-2-3-13(6-9(10,11)12)5-7(14)4-8(15)16/h7,14H,2-6H2,1H3,(H,15,16). The smallest absolute Gasteiger partial charge is 0.401 e. The van der Waals surface area contributed by atoms with Gasteiger partial charge in [0.05, 0.1) is 19.1 Å². The van der Waals surface area contributed by atoms with Gasteiger partial charge in [0, 0.05) is 6.54 Å². The van der Waals surface area contributed by atoms with Crippen LogP contribution in [0.5, 0.6) is 0 Å². The number of carboxylic acid groups (broad SMARTS) is 1. The Balaban J connectivity index is 4.16. The first kappa shape index (κ1) is 15.2. The summed E-state index contributed by atoms with van der Waals surface area (Å²) in [5.41, 5.74) is 0. The summed E-state index contributed by atoms with van der Waals surface area (Å²) in [6.07, 6.45) is -5.64. The zero-order valence-corrected chi connectivity index (χ0v) is 9.00. The number of aliphatic hydroxyl groups is 1. The van der Waals surface area contributed by atoms with Gasteiger partial charge in [0.25, 0.3) is 0 Å². The van der Waals surface area contributed by atoms with Gasteiger partial charge in [-0.2, -0.15) is 13.2 Å². The van der Waals surface area contributed by atoms with Crippen LogP contribution in [0.2, 0.25) is 0 Å². The van der Waals surface area contributed by atoms with Crippen molar-refractivity contribution >= 4 is 5.97 Å². The van der Waals surface area contributed by atoms with E-state index in [1.807, 2.05) is 0 Å². The topological polar surface area (TPSA) is 60.8 Å². The first-order valence-electron chi connectivity index (χ1n) is 4.93. The molecular formula is C9H16F3NO3. The number of halogens is 3. The molecule has 2 N–H and O–H groups in total. The van der Waals surface area contributed by atoms with Gasteiger partial charge in [-0.3, -0.25) is 9.69 Å². The number of carboxylic acids is 1. The van der Waals surface area contributed by atoms with Crippen molar-refractivity contribution in [1.82, 2.24) is 4.90 Å². The number of aliphatic hydroxyl groups excluding tert-OH is 1. The second kappa shape index (κ2) is 6.70. The van der Waals surface area contributed by atoms with E-state index in [4.69, 9.17) is 5.11 Å². The second-order valence-corrected chi connectivity index (χ2v) is 3.60. The molecule has 1 unspecified atom stereocenters. The number of hydrogen-bond donors (Lipinski definition) is 2. The summed E-state index contributed by atoms with van der Waals surface area (Å²) in [6, 6.07) is 0. The van der Waals surface area contributed by atoms with Gasteiger partial charge in [0.1, 0.15) is 0 Å². The van der Waals surface area contributed by atoms with Crippen LogP contribution in [-0.2, 0) is 4.79 Å². The molecule has 0 heterocycles. The fourth-order valence-electron chi connectivity index (χ4n) is 1.37. The van der Waals surface area contributed by atoms with E-state index in [-0.39, 0.29) is 13.1 Å². The summed E-state index contributed by atoms with van der Waals surface area (Å²) in [7, 11) is 0. The van der Waals surface area contributed by atoms with E-state index in [2.05, 4.69) is 0 Å². The Labute approximate surface area is 91.7 Å². The Morgan fingerprint density at radius 2 is 2.00 bits per heavy atom. The van der Waals surface area contributed by atoms with Crippen molar-refractivity contribution in [2.24, 2.45) is 0 Å². The maximum Gasteiger partial charge on any atom is 0.401 e. The molecule has 0 bridgehead atoms. The summed E-state index contributed by atoms with van der Waals surface area (Å²) >= 11 is 0. The lowest BCUT2D eigenvalue weighted by Crippen LogP contribution is -2.40. The van der Waals surface area contributed by atoms with Crippen molar-refractivity contribution in [1.29, 1.82) is 0 Å². The molecule has 16 heavy (non-hydrogen) atoms. The van der Waals surface area contributed by atoms with Crippen LogP contribution in [0.15, 0.2) is 0 Å². The number of aliphatic carboxylic acids is 1. The third-order valence-electron chi connectivity index (χ3n) is 1.82. The third kappa shape index (κ3) is 8.49. The molecule has 0 aromatic rings. The fraction of sp³-hybridized carbons (Fsp3) is 0.889. The molecule has 0 aliphatic carbocycles. The third-order valence-corrected chi connectivity index (χ3v) is 1.82. The highest BCUT2D eigenvalue weighted by Crippen LogP contribution is 2.17. The second-order valence-electron chi connectivity index (χ2n) is 3.60. The highest BCUT2D eigenvalue weighted by molar-refractivity contribution is 5.67. The van der Waals surface area contributed by atoms with Crippen molar-refractivity contribution in [2.45, 2.75) is 32.0 Å². The van der Waals surface area contributed by atoms with E-state index in [1.54, 1.807) is 6.92 Å². The van der Waals surface area contributed by atoms with Gasteiger partial charge in [-0.05, 0) is 13.0 Å². The normalized spacial score (nSPS) is 14.1. The summed E-state index contributed by atoms with van der Waals surface area (Å²) in [4.78, 5) is 11.2. The van der Waals surface area contributed by atoms with Crippen LogP contribution in [0.25, 0.3) is 0 Å². The van der Waals surface area contributed by atoms with Gasteiger partial charge >= 0.3 is 12.1 Å². The maximum absolute atomic E-state index is 12.1. The van der Waals surface area contributed by atoms with Crippen molar-refractivity contribution in [3.63, 3.8) is 0 Å². The molecule has 0 saturated carbocycles. The number of rotatable bonds is 7.